The number of carbonyl (C=O) groups excluding carboxylic acids is 4. The van der Waals surface area contributed by atoms with Crippen molar-refractivity contribution in [2.24, 2.45) is 23.7 Å². The first kappa shape index (κ1) is 20.3. The van der Waals surface area contributed by atoms with E-state index in [9.17, 15) is 19.2 Å². The number of carbonyl (C=O) groups is 4. The minimum absolute atomic E-state index is 0.0980. The zero-order valence-corrected chi connectivity index (χ0v) is 16.6. The van der Waals surface area contributed by atoms with Gasteiger partial charge >= 0.3 is 0 Å². The van der Waals surface area contributed by atoms with Crippen LogP contribution in [0.1, 0.15) is 27.1 Å². The van der Waals surface area contributed by atoms with Crippen LogP contribution < -0.4 is 21.7 Å². The molecule has 2 aromatic carbocycles. The summed E-state index contributed by atoms with van der Waals surface area (Å²) in [6, 6.07) is 17.0. The zero-order valence-electron chi connectivity index (χ0n) is 16.6. The van der Waals surface area contributed by atoms with Crippen molar-refractivity contribution in [3.63, 3.8) is 0 Å². The van der Waals surface area contributed by atoms with E-state index < -0.39 is 35.5 Å². The second kappa shape index (κ2) is 8.83. The summed E-state index contributed by atoms with van der Waals surface area (Å²) in [6.45, 7) is 0. The Bertz CT molecular complexity index is 941. The molecule has 2 bridgehead atoms. The third kappa shape index (κ3) is 4.32. The maximum absolute atomic E-state index is 12.8. The van der Waals surface area contributed by atoms with Gasteiger partial charge in [-0.3, -0.25) is 40.9 Å². The van der Waals surface area contributed by atoms with Crippen LogP contribution in [0, 0.1) is 23.7 Å². The first-order valence-electron chi connectivity index (χ1n) is 10.0. The highest BCUT2D eigenvalue weighted by atomic mass is 16.2. The molecule has 4 atom stereocenters. The second-order valence-electron chi connectivity index (χ2n) is 7.62. The quantitative estimate of drug-likeness (QED) is 0.443. The number of amides is 4. The van der Waals surface area contributed by atoms with E-state index >= 15 is 0 Å². The van der Waals surface area contributed by atoms with Crippen molar-refractivity contribution in [1.29, 1.82) is 0 Å². The average molecular weight is 418 g/mol. The van der Waals surface area contributed by atoms with E-state index in [2.05, 4.69) is 21.7 Å². The average Bonchev–Trinajstić information content (AvgIpc) is 3.43. The number of rotatable bonds is 4. The highest BCUT2D eigenvalue weighted by molar-refractivity contribution is 5.98. The number of hydrogen-bond donors (Lipinski definition) is 4. The lowest BCUT2D eigenvalue weighted by atomic mass is 9.82. The first-order chi connectivity index (χ1) is 15.0. The van der Waals surface area contributed by atoms with Crippen molar-refractivity contribution in [3.05, 3.63) is 83.9 Å². The molecule has 4 N–H and O–H groups in total. The summed E-state index contributed by atoms with van der Waals surface area (Å²) < 4.78 is 0. The third-order valence-electron chi connectivity index (χ3n) is 5.74. The van der Waals surface area contributed by atoms with Crippen molar-refractivity contribution in [1.82, 2.24) is 21.7 Å². The lowest BCUT2D eigenvalue weighted by Gasteiger charge is -2.26. The molecule has 4 unspecified atom stereocenters. The topological polar surface area (TPSA) is 116 Å². The van der Waals surface area contributed by atoms with Gasteiger partial charge in [0, 0.05) is 11.1 Å². The summed E-state index contributed by atoms with van der Waals surface area (Å²) in [7, 11) is 0. The van der Waals surface area contributed by atoms with Crippen LogP contribution >= 0.6 is 0 Å². The maximum Gasteiger partial charge on any atom is 0.269 e. The molecular weight excluding hydrogens is 396 g/mol. The van der Waals surface area contributed by atoms with Gasteiger partial charge in [0.25, 0.3) is 11.8 Å². The smallest absolute Gasteiger partial charge is 0.269 e. The summed E-state index contributed by atoms with van der Waals surface area (Å²) in [6.07, 6.45) is 4.54. The minimum Gasteiger partial charge on any atom is -0.273 e. The molecule has 4 rings (SSSR count). The summed E-state index contributed by atoms with van der Waals surface area (Å²) >= 11 is 0. The molecule has 0 radical (unpaired) electrons. The normalized spacial score (nSPS) is 23.1. The van der Waals surface area contributed by atoms with E-state index in [0.29, 0.717) is 17.5 Å². The van der Waals surface area contributed by atoms with Gasteiger partial charge in [-0.1, -0.05) is 48.6 Å². The summed E-state index contributed by atoms with van der Waals surface area (Å²) in [5.41, 5.74) is 10.5. The molecule has 2 aliphatic rings. The molecule has 0 aromatic heterocycles. The van der Waals surface area contributed by atoms with Crippen LogP contribution in [0.2, 0.25) is 0 Å². The fourth-order valence-corrected chi connectivity index (χ4v) is 4.26. The Kier molecular flexibility index (Phi) is 5.79. The van der Waals surface area contributed by atoms with Crippen LogP contribution in [-0.4, -0.2) is 23.6 Å². The van der Waals surface area contributed by atoms with Crippen molar-refractivity contribution < 1.29 is 19.2 Å². The summed E-state index contributed by atoms with van der Waals surface area (Å²) in [5.74, 6) is -3.23. The molecule has 31 heavy (non-hydrogen) atoms. The number of benzene rings is 2. The van der Waals surface area contributed by atoms with Gasteiger partial charge in [0.2, 0.25) is 11.8 Å². The molecule has 8 nitrogen and oxygen atoms in total. The van der Waals surface area contributed by atoms with Crippen LogP contribution in [0.3, 0.4) is 0 Å². The zero-order chi connectivity index (χ0) is 21.8. The molecule has 1 saturated carbocycles. The molecule has 2 aromatic rings. The van der Waals surface area contributed by atoms with E-state index in [1.54, 1.807) is 60.7 Å². The largest absolute Gasteiger partial charge is 0.273 e. The van der Waals surface area contributed by atoms with Crippen molar-refractivity contribution in [2.45, 2.75) is 6.42 Å². The van der Waals surface area contributed by atoms with Gasteiger partial charge < -0.3 is 0 Å². The molecule has 0 spiro atoms. The highest BCUT2D eigenvalue weighted by Crippen LogP contribution is 2.48. The Balaban J connectivity index is 1.37. The number of allylic oxidation sites excluding steroid dienone is 2. The monoisotopic (exact) mass is 418 g/mol. The number of hydrogen-bond acceptors (Lipinski definition) is 4. The third-order valence-corrected chi connectivity index (χ3v) is 5.74. The van der Waals surface area contributed by atoms with Crippen LogP contribution in [0.5, 0.6) is 0 Å². The predicted octanol–water partition coefficient (Wildman–Crippen LogP) is 1.35. The van der Waals surface area contributed by atoms with E-state index in [0.717, 1.165) is 0 Å². The molecule has 0 heterocycles. The van der Waals surface area contributed by atoms with Crippen LogP contribution in [0.25, 0.3) is 0 Å². The fourth-order valence-electron chi connectivity index (χ4n) is 4.26. The molecule has 2 aliphatic carbocycles. The van der Waals surface area contributed by atoms with E-state index in [1.165, 1.54) is 0 Å². The van der Waals surface area contributed by atoms with Gasteiger partial charge in [-0.05, 0) is 42.5 Å². The van der Waals surface area contributed by atoms with Gasteiger partial charge in [-0.15, -0.1) is 0 Å². The van der Waals surface area contributed by atoms with Gasteiger partial charge in [0.05, 0.1) is 11.8 Å². The van der Waals surface area contributed by atoms with Gasteiger partial charge in [-0.25, -0.2) is 0 Å². The standard InChI is InChI=1S/C23H22N4O4/c28-20(14-7-3-1-4-8-14)24-26-22(30)18-16-11-12-17(13-16)19(18)23(31)27-25-21(29)15-9-5-2-6-10-15/h1-12,16-19H,13H2,(H,24,28)(H,25,29)(H,26,30)(H,27,31). The Labute approximate surface area is 179 Å². The van der Waals surface area contributed by atoms with E-state index in [-0.39, 0.29) is 11.8 Å². The number of hydrazine groups is 2. The van der Waals surface area contributed by atoms with Gasteiger partial charge in [-0.2, -0.15) is 0 Å². The maximum atomic E-state index is 12.8. The van der Waals surface area contributed by atoms with Crippen LogP contribution in [0.15, 0.2) is 72.8 Å². The highest BCUT2D eigenvalue weighted by Gasteiger charge is 2.51. The van der Waals surface area contributed by atoms with Crippen molar-refractivity contribution in [3.8, 4) is 0 Å². The SMILES string of the molecule is O=C(NNC(=O)C1C2C=CC(C2)C1C(=O)NNC(=O)c1ccccc1)c1ccccc1. The second-order valence-corrected chi connectivity index (χ2v) is 7.62. The Morgan fingerprint density at radius 2 is 0.968 bits per heavy atom. The van der Waals surface area contributed by atoms with E-state index in [4.69, 9.17) is 0 Å². The minimum atomic E-state index is -0.639. The first-order valence-corrected chi connectivity index (χ1v) is 10.0. The summed E-state index contributed by atoms with van der Waals surface area (Å²) in [4.78, 5) is 50.0. The molecule has 158 valence electrons. The Hall–Kier alpha value is -3.94. The lowest BCUT2D eigenvalue weighted by molar-refractivity contribution is -0.136. The molecular formula is C23H22N4O4. The van der Waals surface area contributed by atoms with Gasteiger partial charge in [0.1, 0.15) is 0 Å². The van der Waals surface area contributed by atoms with Crippen molar-refractivity contribution in [2.75, 3.05) is 0 Å². The lowest BCUT2D eigenvalue weighted by Crippen LogP contribution is -2.52. The fraction of sp³-hybridized carbons (Fsp3) is 0.217. The summed E-state index contributed by atoms with van der Waals surface area (Å²) in [5, 5.41) is 0. The Morgan fingerprint density at radius 1 is 0.581 bits per heavy atom. The molecule has 4 amide bonds. The number of nitrogens with one attached hydrogen (secondary N) is 4. The molecule has 0 aliphatic heterocycles. The Morgan fingerprint density at radius 3 is 1.35 bits per heavy atom. The van der Waals surface area contributed by atoms with E-state index in [1.807, 2.05) is 12.2 Å². The van der Waals surface area contributed by atoms with Crippen molar-refractivity contribution >= 4 is 23.6 Å². The number of fused-ring (bicyclic) bond motifs is 2. The van der Waals surface area contributed by atoms with Crippen LogP contribution in [0.4, 0.5) is 0 Å². The van der Waals surface area contributed by atoms with Crippen LogP contribution in [-0.2, 0) is 9.59 Å². The predicted molar refractivity (Wildman–Crippen MR) is 112 cm³/mol. The molecule has 1 fully saturated rings. The molecule has 0 saturated heterocycles. The molecule has 8 heteroatoms. The van der Waals surface area contributed by atoms with Gasteiger partial charge in [0.15, 0.2) is 0 Å².